The summed E-state index contributed by atoms with van der Waals surface area (Å²) in [5, 5.41) is 1.73. The van der Waals surface area contributed by atoms with Crippen LogP contribution >= 0.6 is 36.2 Å². The van der Waals surface area contributed by atoms with Gasteiger partial charge in [0.15, 0.2) is 0 Å². The van der Waals surface area contributed by atoms with Gasteiger partial charge in [-0.05, 0) is 6.42 Å². The van der Waals surface area contributed by atoms with E-state index in [1.807, 2.05) is 0 Å². The van der Waals surface area contributed by atoms with E-state index in [1.165, 1.54) is 17.9 Å². The van der Waals surface area contributed by atoms with E-state index in [1.54, 1.807) is 0 Å². The highest BCUT2D eigenvalue weighted by Gasteiger charge is 2.19. The molecule has 0 saturated carbocycles. The number of hydrogen-bond donors (Lipinski definition) is 1. The Morgan fingerprint density at radius 1 is 1.30 bits per heavy atom. The Bertz CT molecular complexity index is 74.9. The second kappa shape index (κ2) is 4.83. The highest BCUT2D eigenvalue weighted by atomic mass is 32.2. The van der Waals surface area contributed by atoms with Gasteiger partial charge in [-0.2, -0.15) is 36.2 Å². The first-order valence-corrected chi connectivity index (χ1v) is 6.44. The molecule has 0 aromatic rings. The zero-order chi connectivity index (χ0) is 7.40. The average molecular weight is 194 g/mol. The summed E-state index contributed by atoms with van der Waals surface area (Å²) in [4.78, 5) is 0. The van der Waals surface area contributed by atoms with Crippen molar-refractivity contribution in [2.45, 2.75) is 23.8 Å². The van der Waals surface area contributed by atoms with Crippen LogP contribution in [0.2, 0.25) is 0 Å². The standard InChI is InChI=1S/C7H14S3/c1-2-6-4-10-7(3-8)5-9-6/h6-8H,2-5H2,1H3. The molecule has 1 saturated heterocycles. The highest BCUT2D eigenvalue weighted by molar-refractivity contribution is 8.07. The van der Waals surface area contributed by atoms with Crippen LogP contribution in [0.15, 0.2) is 0 Å². The van der Waals surface area contributed by atoms with E-state index in [0.717, 1.165) is 16.3 Å². The molecule has 1 fully saturated rings. The van der Waals surface area contributed by atoms with Gasteiger partial charge in [-0.25, -0.2) is 0 Å². The minimum Gasteiger partial charge on any atom is -0.178 e. The number of rotatable bonds is 2. The Hall–Kier alpha value is 1.05. The number of thiol groups is 1. The minimum atomic E-state index is 0.816. The van der Waals surface area contributed by atoms with Crippen LogP contribution in [0, 0.1) is 0 Å². The minimum absolute atomic E-state index is 0.816. The van der Waals surface area contributed by atoms with Gasteiger partial charge in [0.2, 0.25) is 0 Å². The fourth-order valence-corrected chi connectivity index (χ4v) is 4.45. The molecule has 3 heteroatoms. The molecule has 1 rings (SSSR count). The third-order valence-corrected chi connectivity index (χ3v) is 5.77. The van der Waals surface area contributed by atoms with Crippen molar-refractivity contribution < 1.29 is 0 Å². The van der Waals surface area contributed by atoms with Crippen molar-refractivity contribution in [2.75, 3.05) is 17.3 Å². The van der Waals surface area contributed by atoms with Gasteiger partial charge in [-0.1, -0.05) is 6.92 Å². The fourth-order valence-electron chi connectivity index (χ4n) is 0.924. The van der Waals surface area contributed by atoms with Crippen molar-refractivity contribution in [1.29, 1.82) is 0 Å². The normalized spacial score (nSPS) is 34.2. The third-order valence-electron chi connectivity index (χ3n) is 1.69. The molecule has 2 atom stereocenters. The molecular weight excluding hydrogens is 180 g/mol. The lowest BCUT2D eigenvalue weighted by Gasteiger charge is -2.25. The summed E-state index contributed by atoms with van der Waals surface area (Å²) in [6.45, 7) is 2.28. The van der Waals surface area contributed by atoms with Gasteiger partial charge >= 0.3 is 0 Å². The molecule has 0 bridgehead atoms. The van der Waals surface area contributed by atoms with E-state index in [2.05, 4.69) is 43.1 Å². The predicted octanol–water partition coefficient (Wildman–Crippen LogP) is 2.54. The van der Waals surface area contributed by atoms with E-state index >= 15 is 0 Å². The molecule has 1 aliphatic heterocycles. The van der Waals surface area contributed by atoms with Crippen LogP contribution in [0.1, 0.15) is 13.3 Å². The maximum absolute atomic E-state index is 4.29. The molecule has 60 valence electrons. The molecule has 0 N–H and O–H groups in total. The fraction of sp³-hybridized carbons (Fsp3) is 1.00. The van der Waals surface area contributed by atoms with Crippen LogP contribution < -0.4 is 0 Å². The zero-order valence-corrected chi connectivity index (χ0v) is 8.77. The maximum atomic E-state index is 4.29. The number of hydrogen-bond acceptors (Lipinski definition) is 3. The molecule has 0 radical (unpaired) electrons. The van der Waals surface area contributed by atoms with Crippen LogP contribution in [0.4, 0.5) is 0 Å². The summed E-state index contributed by atoms with van der Waals surface area (Å²) in [6.07, 6.45) is 1.33. The first-order chi connectivity index (χ1) is 4.86. The Morgan fingerprint density at radius 3 is 2.30 bits per heavy atom. The van der Waals surface area contributed by atoms with Crippen LogP contribution in [0.5, 0.6) is 0 Å². The van der Waals surface area contributed by atoms with Crippen molar-refractivity contribution in [3.63, 3.8) is 0 Å². The summed E-state index contributed by atoms with van der Waals surface area (Å²) >= 11 is 8.51. The molecule has 0 aliphatic carbocycles. The molecule has 0 amide bonds. The molecule has 1 aliphatic rings. The first kappa shape index (κ1) is 9.14. The molecule has 1 heterocycles. The van der Waals surface area contributed by atoms with E-state index in [-0.39, 0.29) is 0 Å². The van der Waals surface area contributed by atoms with Crippen LogP contribution in [-0.4, -0.2) is 27.8 Å². The lowest BCUT2D eigenvalue weighted by molar-refractivity contribution is 0.900. The first-order valence-electron chi connectivity index (χ1n) is 3.71. The molecule has 0 nitrogen and oxygen atoms in total. The summed E-state index contributed by atoms with van der Waals surface area (Å²) in [7, 11) is 0. The van der Waals surface area contributed by atoms with Crippen molar-refractivity contribution in [3.05, 3.63) is 0 Å². The zero-order valence-electron chi connectivity index (χ0n) is 6.25. The van der Waals surface area contributed by atoms with E-state index < -0.39 is 0 Å². The van der Waals surface area contributed by atoms with Gasteiger partial charge in [0.05, 0.1) is 0 Å². The summed E-state index contributed by atoms with van der Waals surface area (Å²) in [6, 6.07) is 0. The van der Waals surface area contributed by atoms with Gasteiger partial charge in [0.25, 0.3) is 0 Å². The van der Waals surface area contributed by atoms with E-state index in [0.29, 0.717) is 0 Å². The van der Waals surface area contributed by atoms with Gasteiger partial charge < -0.3 is 0 Å². The second-order valence-corrected chi connectivity index (χ2v) is 5.53. The molecular formula is C7H14S3. The highest BCUT2D eigenvalue weighted by Crippen LogP contribution is 2.31. The quantitative estimate of drug-likeness (QED) is 0.671. The van der Waals surface area contributed by atoms with Crippen molar-refractivity contribution in [2.24, 2.45) is 0 Å². The van der Waals surface area contributed by atoms with E-state index in [4.69, 9.17) is 0 Å². The smallest absolute Gasteiger partial charge is 0.0226 e. The second-order valence-electron chi connectivity index (χ2n) is 2.50. The topological polar surface area (TPSA) is 0 Å². The Morgan fingerprint density at radius 2 is 1.90 bits per heavy atom. The van der Waals surface area contributed by atoms with Crippen molar-refractivity contribution >= 4 is 36.2 Å². The summed E-state index contributed by atoms with van der Waals surface area (Å²) in [5.74, 6) is 3.70. The lowest BCUT2D eigenvalue weighted by atomic mass is 10.4. The molecule has 0 spiro atoms. The molecule has 2 unspecified atom stereocenters. The molecule has 0 aromatic carbocycles. The third kappa shape index (κ3) is 2.59. The Labute approximate surface area is 77.3 Å². The Kier molecular flexibility index (Phi) is 4.42. The molecule has 0 aromatic heterocycles. The van der Waals surface area contributed by atoms with Gasteiger partial charge in [-0.3, -0.25) is 0 Å². The SMILES string of the molecule is CCC1CSC(CS)CS1. The Balaban J connectivity index is 2.17. The summed E-state index contributed by atoms with van der Waals surface area (Å²) in [5.41, 5.74) is 0. The maximum Gasteiger partial charge on any atom is 0.0226 e. The van der Waals surface area contributed by atoms with E-state index in [9.17, 15) is 0 Å². The van der Waals surface area contributed by atoms with Crippen LogP contribution in [0.25, 0.3) is 0 Å². The summed E-state index contributed by atoms with van der Waals surface area (Å²) < 4.78 is 0. The van der Waals surface area contributed by atoms with Crippen LogP contribution in [0.3, 0.4) is 0 Å². The largest absolute Gasteiger partial charge is 0.178 e. The molecule has 10 heavy (non-hydrogen) atoms. The van der Waals surface area contributed by atoms with Gasteiger partial charge in [0.1, 0.15) is 0 Å². The van der Waals surface area contributed by atoms with Crippen molar-refractivity contribution in [1.82, 2.24) is 0 Å². The average Bonchev–Trinajstić information content (AvgIpc) is 2.05. The predicted molar refractivity (Wildman–Crippen MR) is 56.6 cm³/mol. The van der Waals surface area contributed by atoms with Gasteiger partial charge in [-0.15, -0.1) is 0 Å². The lowest BCUT2D eigenvalue weighted by Crippen LogP contribution is -2.21. The monoisotopic (exact) mass is 194 g/mol. The van der Waals surface area contributed by atoms with Crippen LogP contribution in [-0.2, 0) is 0 Å². The van der Waals surface area contributed by atoms with Gasteiger partial charge in [0, 0.05) is 27.8 Å². The number of thioether (sulfide) groups is 2. The van der Waals surface area contributed by atoms with Crippen molar-refractivity contribution in [3.8, 4) is 0 Å².